The van der Waals surface area contributed by atoms with Crippen molar-refractivity contribution >= 4 is 28.4 Å². The van der Waals surface area contributed by atoms with Crippen LogP contribution in [-0.4, -0.2) is 22.8 Å². The normalized spacial score (nSPS) is 12.6. The second-order valence-corrected chi connectivity index (χ2v) is 5.64. The molecule has 2 aromatic rings. The van der Waals surface area contributed by atoms with Gasteiger partial charge in [-0.2, -0.15) is 0 Å². The van der Waals surface area contributed by atoms with Crippen LogP contribution >= 0.6 is 11.6 Å². The van der Waals surface area contributed by atoms with E-state index in [1.54, 1.807) is 12.3 Å². The monoisotopic (exact) mass is 290 g/mol. The van der Waals surface area contributed by atoms with E-state index in [1.807, 2.05) is 24.3 Å². The fourth-order valence-electron chi connectivity index (χ4n) is 2.28. The van der Waals surface area contributed by atoms with E-state index in [4.69, 9.17) is 11.6 Å². The molecule has 0 aliphatic rings. The average Bonchev–Trinajstić information content (AvgIpc) is 2.45. The van der Waals surface area contributed by atoms with Crippen LogP contribution in [-0.2, 0) is 0 Å². The van der Waals surface area contributed by atoms with Gasteiger partial charge in [0.2, 0.25) is 0 Å². The molecule has 1 atom stereocenters. The number of hydrogen-bond acceptors (Lipinski definition) is 2. The fraction of sp³-hybridized carbons (Fsp3) is 0.375. The van der Waals surface area contributed by atoms with Crippen molar-refractivity contribution in [1.82, 2.24) is 10.3 Å². The summed E-state index contributed by atoms with van der Waals surface area (Å²) in [5, 5.41) is 3.96. The zero-order valence-electron chi connectivity index (χ0n) is 11.8. The van der Waals surface area contributed by atoms with Gasteiger partial charge in [0.05, 0.1) is 11.1 Å². The first-order valence-electron chi connectivity index (χ1n) is 6.82. The minimum Gasteiger partial charge on any atom is -0.348 e. The molecule has 4 heteroatoms. The number of amides is 1. The summed E-state index contributed by atoms with van der Waals surface area (Å²) in [4.78, 5) is 16.7. The van der Waals surface area contributed by atoms with Gasteiger partial charge < -0.3 is 5.32 Å². The molecule has 0 aliphatic heterocycles. The van der Waals surface area contributed by atoms with E-state index in [2.05, 4.69) is 24.1 Å². The highest BCUT2D eigenvalue weighted by atomic mass is 35.5. The van der Waals surface area contributed by atoms with Crippen LogP contribution in [0.2, 0.25) is 0 Å². The zero-order valence-corrected chi connectivity index (χ0v) is 12.5. The lowest BCUT2D eigenvalue weighted by Crippen LogP contribution is -2.37. The second-order valence-electron chi connectivity index (χ2n) is 5.33. The van der Waals surface area contributed by atoms with Crippen molar-refractivity contribution in [3.63, 3.8) is 0 Å². The van der Waals surface area contributed by atoms with Gasteiger partial charge >= 0.3 is 0 Å². The highest BCUT2D eigenvalue weighted by Gasteiger charge is 2.16. The summed E-state index contributed by atoms with van der Waals surface area (Å²) >= 11 is 5.93. The lowest BCUT2D eigenvalue weighted by molar-refractivity contribution is 0.0938. The number of pyridine rings is 1. The van der Waals surface area contributed by atoms with E-state index in [-0.39, 0.29) is 11.9 Å². The van der Waals surface area contributed by atoms with E-state index in [0.29, 0.717) is 17.4 Å². The lowest BCUT2D eigenvalue weighted by atomic mass is 10.0. The summed E-state index contributed by atoms with van der Waals surface area (Å²) in [6.07, 6.45) is 2.57. The summed E-state index contributed by atoms with van der Waals surface area (Å²) in [6, 6.07) is 9.42. The first-order chi connectivity index (χ1) is 9.61. The van der Waals surface area contributed by atoms with Crippen LogP contribution in [0.25, 0.3) is 10.9 Å². The molecule has 3 nitrogen and oxygen atoms in total. The number of alkyl halides is 1. The number of benzene rings is 1. The molecule has 0 radical (unpaired) electrons. The molecule has 1 unspecified atom stereocenters. The van der Waals surface area contributed by atoms with Gasteiger partial charge in [-0.05, 0) is 24.5 Å². The Morgan fingerprint density at radius 2 is 2.05 bits per heavy atom. The minimum absolute atomic E-state index is 0.0110. The van der Waals surface area contributed by atoms with Gasteiger partial charge in [0.15, 0.2) is 0 Å². The van der Waals surface area contributed by atoms with Crippen molar-refractivity contribution in [3.8, 4) is 0 Å². The van der Waals surface area contributed by atoms with E-state index in [1.165, 1.54) is 0 Å². The fourth-order valence-corrected chi connectivity index (χ4v) is 2.48. The maximum atomic E-state index is 12.4. The minimum atomic E-state index is -0.111. The highest BCUT2D eigenvalue weighted by molar-refractivity contribution is 6.18. The molecular formula is C16H19ClN2O. The number of rotatable bonds is 5. The third kappa shape index (κ3) is 3.48. The zero-order chi connectivity index (χ0) is 14.5. The van der Waals surface area contributed by atoms with Crippen LogP contribution in [0.5, 0.6) is 0 Å². The molecule has 20 heavy (non-hydrogen) atoms. The molecule has 1 aromatic carbocycles. The number of nitrogens with one attached hydrogen (secondary N) is 1. The Labute approximate surface area is 124 Å². The highest BCUT2D eigenvalue weighted by Crippen LogP contribution is 2.16. The number of carbonyl (C=O) groups is 1. The number of hydrogen-bond donors (Lipinski definition) is 1. The number of halogens is 1. The Bertz CT molecular complexity index is 593. The number of nitrogens with zero attached hydrogens (tertiary/aromatic N) is 1. The van der Waals surface area contributed by atoms with Crippen molar-refractivity contribution in [2.24, 2.45) is 5.92 Å². The molecule has 0 bridgehead atoms. The maximum Gasteiger partial charge on any atom is 0.253 e. The molecule has 0 saturated heterocycles. The summed E-state index contributed by atoms with van der Waals surface area (Å²) < 4.78 is 0. The second kappa shape index (κ2) is 6.71. The van der Waals surface area contributed by atoms with Crippen molar-refractivity contribution < 1.29 is 4.79 Å². The molecular weight excluding hydrogens is 272 g/mol. The predicted molar refractivity (Wildman–Crippen MR) is 83.2 cm³/mol. The predicted octanol–water partition coefficient (Wildman–Crippen LogP) is 3.62. The van der Waals surface area contributed by atoms with E-state index < -0.39 is 0 Å². The van der Waals surface area contributed by atoms with Crippen LogP contribution in [0.1, 0.15) is 30.6 Å². The molecule has 1 heterocycles. The molecule has 0 spiro atoms. The SMILES string of the molecule is CC(C)CC(CCl)NC(=O)c1cccc2cccnc12. The van der Waals surface area contributed by atoms with Gasteiger partial charge in [0.25, 0.3) is 5.91 Å². The third-order valence-corrected chi connectivity index (χ3v) is 3.53. The van der Waals surface area contributed by atoms with E-state index in [0.717, 1.165) is 17.3 Å². The summed E-state index contributed by atoms with van der Waals surface area (Å²) in [6.45, 7) is 4.23. The van der Waals surface area contributed by atoms with Gasteiger partial charge in [-0.15, -0.1) is 11.6 Å². The Hall–Kier alpha value is -1.61. The number of carbonyl (C=O) groups excluding carboxylic acids is 1. The third-order valence-electron chi connectivity index (χ3n) is 3.15. The Morgan fingerprint density at radius 1 is 1.30 bits per heavy atom. The molecule has 2 rings (SSSR count). The van der Waals surface area contributed by atoms with Crippen molar-refractivity contribution in [2.75, 3.05) is 5.88 Å². The summed E-state index contributed by atoms with van der Waals surface area (Å²) in [7, 11) is 0. The van der Waals surface area contributed by atoms with Crippen LogP contribution in [0.3, 0.4) is 0 Å². The smallest absolute Gasteiger partial charge is 0.253 e. The Balaban J connectivity index is 2.23. The molecule has 0 saturated carbocycles. The first-order valence-corrected chi connectivity index (χ1v) is 7.36. The maximum absolute atomic E-state index is 12.4. The van der Waals surface area contributed by atoms with Crippen LogP contribution < -0.4 is 5.32 Å². The molecule has 1 amide bonds. The summed E-state index contributed by atoms with van der Waals surface area (Å²) in [5.41, 5.74) is 1.33. The van der Waals surface area contributed by atoms with Crippen LogP contribution in [0, 0.1) is 5.92 Å². The molecule has 1 aromatic heterocycles. The average molecular weight is 291 g/mol. The number of aromatic nitrogens is 1. The van der Waals surface area contributed by atoms with Gasteiger partial charge in [-0.3, -0.25) is 9.78 Å². The van der Waals surface area contributed by atoms with Gasteiger partial charge in [0.1, 0.15) is 0 Å². The van der Waals surface area contributed by atoms with Crippen molar-refractivity contribution in [1.29, 1.82) is 0 Å². The van der Waals surface area contributed by atoms with Gasteiger partial charge in [0, 0.05) is 23.5 Å². The van der Waals surface area contributed by atoms with Gasteiger partial charge in [-0.25, -0.2) is 0 Å². The van der Waals surface area contributed by atoms with Crippen LogP contribution in [0.4, 0.5) is 0 Å². The van der Waals surface area contributed by atoms with E-state index >= 15 is 0 Å². The quantitative estimate of drug-likeness (QED) is 0.855. The molecule has 0 aliphatic carbocycles. The van der Waals surface area contributed by atoms with Crippen LogP contribution in [0.15, 0.2) is 36.5 Å². The topological polar surface area (TPSA) is 42.0 Å². The Kier molecular flexibility index (Phi) is 4.96. The van der Waals surface area contributed by atoms with Gasteiger partial charge in [-0.1, -0.05) is 32.0 Å². The molecule has 0 fully saturated rings. The summed E-state index contributed by atoms with van der Waals surface area (Å²) in [5.74, 6) is 0.799. The largest absolute Gasteiger partial charge is 0.348 e. The Morgan fingerprint density at radius 3 is 2.75 bits per heavy atom. The van der Waals surface area contributed by atoms with E-state index in [9.17, 15) is 4.79 Å². The van der Waals surface area contributed by atoms with Crippen molar-refractivity contribution in [2.45, 2.75) is 26.3 Å². The first kappa shape index (κ1) is 14.8. The molecule has 106 valence electrons. The standard InChI is InChI=1S/C16H19ClN2O/c1-11(2)9-13(10-17)19-16(20)14-7-3-5-12-6-4-8-18-15(12)14/h3-8,11,13H,9-10H2,1-2H3,(H,19,20). The number of para-hydroxylation sites is 1. The van der Waals surface area contributed by atoms with Crippen molar-refractivity contribution in [3.05, 3.63) is 42.1 Å². The molecule has 1 N–H and O–H groups in total. The number of fused-ring (bicyclic) bond motifs is 1. The lowest BCUT2D eigenvalue weighted by Gasteiger charge is -2.18.